The van der Waals surface area contributed by atoms with Gasteiger partial charge in [0.15, 0.2) is 0 Å². The summed E-state index contributed by atoms with van der Waals surface area (Å²) < 4.78 is 0. The number of unbranched alkanes of at least 4 members (excludes halogenated alkanes) is 1. The first-order chi connectivity index (χ1) is 9.87. The summed E-state index contributed by atoms with van der Waals surface area (Å²) in [5.41, 5.74) is 7.02. The van der Waals surface area contributed by atoms with Crippen LogP contribution < -0.4 is 11.1 Å². The molecule has 20 heavy (non-hydrogen) atoms. The number of hydrogen-bond donors (Lipinski definition) is 2. The minimum Gasteiger partial charge on any atom is -0.405 e. The predicted octanol–water partition coefficient (Wildman–Crippen LogP) is 3.14. The third kappa shape index (κ3) is 5.85. The Morgan fingerprint density at radius 2 is 1.80 bits per heavy atom. The first kappa shape index (κ1) is 18.1. The zero-order chi connectivity index (χ0) is 15.3. The number of carbonyl (C=O) groups is 1. The van der Waals surface area contributed by atoms with Crippen molar-refractivity contribution in [3.63, 3.8) is 0 Å². The molecule has 1 aliphatic rings. The molecule has 0 radical (unpaired) electrons. The molecule has 2 rings (SSSR count). The molecule has 110 valence electrons. The minimum atomic E-state index is 0.285. The number of carbonyl (C=O) groups excluding carboxylic acids is 1. The Hall–Kier alpha value is -1.87. The summed E-state index contributed by atoms with van der Waals surface area (Å²) in [4.78, 5) is 8.00. The van der Waals surface area contributed by atoms with E-state index in [2.05, 4.69) is 48.8 Å². The maximum Gasteiger partial charge on any atom is 0.106 e. The number of allylic oxidation sites excluding steroid dienone is 1. The fraction of sp³-hybridized carbons (Fsp3) is 0.353. The summed E-state index contributed by atoms with van der Waals surface area (Å²) >= 11 is 0. The van der Waals surface area contributed by atoms with Crippen molar-refractivity contribution < 1.29 is 4.79 Å². The van der Waals surface area contributed by atoms with Gasteiger partial charge in [-0.15, -0.1) is 13.2 Å². The molecule has 0 aromatic heterocycles. The molecule has 1 aromatic carbocycles. The second-order valence-corrected chi connectivity index (χ2v) is 4.45. The van der Waals surface area contributed by atoms with E-state index in [1.165, 1.54) is 18.4 Å². The molecule has 1 saturated carbocycles. The van der Waals surface area contributed by atoms with Crippen molar-refractivity contribution in [3.05, 3.63) is 61.3 Å². The summed E-state index contributed by atoms with van der Waals surface area (Å²) in [6.07, 6.45) is 8.40. The zero-order valence-corrected chi connectivity index (χ0v) is 12.2. The van der Waals surface area contributed by atoms with Gasteiger partial charge in [-0.1, -0.05) is 36.4 Å². The Morgan fingerprint density at radius 3 is 2.30 bits per heavy atom. The van der Waals surface area contributed by atoms with Gasteiger partial charge in [-0.3, -0.25) is 0 Å². The maximum atomic E-state index is 8.00. The Balaban J connectivity index is 0.000000829. The van der Waals surface area contributed by atoms with E-state index in [9.17, 15) is 0 Å². The van der Waals surface area contributed by atoms with Crippen molar-refractivity contribution in [2.24, 2.45) is 5.73 Å². The topological polar surface area (TPSA) is 55.1 Å². The molecule has 0 heterocycles. The summed E-state index contributed by atoms with van der Waals surface area (Å²) in [5, 5.41) is 3.67. The largest absolute Gasteiger partial charge is 0.405 e. The summed E-state index contributed by atoms with van der Waals surface area (Å²) in [6.45, 7) is 9.07. The van der Waals surface area contributed by atoms with Crippen molar-refractivity contribution in [2.75, 3.05) is 6.54 Å². The molecule has 0 bridgehead atoms. The van der Waals surface area contributed by atoms with Crippen LogP contribution in [0.2, 0.25) is 0 Å². The number of rotatable bonds is 6. The van der Waals surface area contributed by atoms with Crippen LogP contribution in [0.1, 0.15) is 31.2 Å². The van der Waals surface area contributed by atoms with Gasteiger partial charge in [0, 0.05) is 5.54 Å². The molecular weight excluding hydrogens is 248 g/mol. The molecule has 0 amide bonds. The molecule has 1 aliphatic carbocycles. The molecule has 0 atom stereocenters. The molecule has 3 nitrogen and oxygen atoms in total. The maximum absolute atomic E-state index is 8.00. The van der Waals surface area contributed by atoms with Crippen molar-refractivity contribution in [3.8, 4) is 0 Å². The van der Waals surface area contributed by atoms with Gasteiger partial charge in [0.1, 0.15) is 6.79 Å². The van der Waals surface area contributed by atoms with Crippen LogP contribution in [0.15, 0.2) is 55.8 Å². The standard InChI is InChI=1S/C14H20N2.C2H4.CH2O/c15-11-5-2-6-12-16-14(9-10-14)13-7-3-1-4-8-13;2*1-2/h1,3-5,7-8,11,16H,2,6,9-10,12,15H2;1-2H2;1H2/b11-5-;;. The van der Waals surface area contributed by atoms with Crippen LogP contribution in [0.5, 0.6) is 0 Å². The van der Waals surface area contributed by atoms with Crippen LogP contribution in [0, 0.1) is 0 Å². The van der Waals surface area contributed by atoms with Gasteiger partial charge in [-0.2, -0.15) is 0 Å². The first-order valence-corrected chi connectivity index (χ1v) is 6.83. The average molecular weight is 274 g/mol. The van der Waals surface area contributed by atoms with Gasteiger partial charge in [-0.05, 0) is 44.0 Å². The Bertz CT molecular complexity index is 370. The second-order valence-electron chi connectivity index (χ2n) is 4.45. The van der Waals surface area contributed by atoms with E-state index in [4.69, 9.17) is 10.5 Å². The Kier molecular flexibility index (Phi) is 9.97. The molecule has 1 fully saturated rings. The van der Waals surface area contributed by atoms with Crippen LogP contribution in [0.3, 0.4) is 0 Å². The summed E-state index contributed by atoms with van der Waals surface area (Å²) in [5.74, 6) is 0. The minimum absolute atomic E-state index is 0.285. The molecule has 0 aliphatic heterocycles. The predicted molar refractivity (Wildman–Crippen MR) is 86.3 cm³/mol. The van der Waals surface area contributed by atoms with E-state index >= 15 is 0 Å². The van der Waals surface area contributed by atoms with Crippen molar-refractivity contribution in [1.82, 2.24) is 5.32 Å². The highest BCUT2D eigenvalue weighted by molar-refractivity contribution is 5.29. The van der Waals surface area contributed by atoms with Crippen LogP contribution in [-0.2, 0) is 10.3 Å². The Morgan fingerprint density at radius 1 is 1.20 bits per heavy atom. The smallest absolute Gasteiger partial charge is 0.106 e. The van der Waals surface area contributed by atoms with Crippen LogP contribution in [0.4, 0.5) is 0 Å². The van der Waals surface area contributed by atoms with Gasteiger partial charge in [-0.25, -0.2) is 0 Å². The molecule has 0 saturated heterocycles. The fourth-order valence-electron chi connectivity index (χ4n) is 2.09. The second kappa shape index (κ2) is 11.0. The van der Waals surface area contributed by atoms with E-state index in [1.807, 2.05) is 12.9 Å². The highest BCUT2D eigenvalue weighted by Gasteiger charge is 2.43. The number of hydrogen-bond acceptors (Lipinski definition) is 3. The van der Waals surface area contributed by atoms with E-state index in [0.717, 1.165) is 19.4 Å². The Labute approximate surface area is 122 Å². The highest BCUT2D eigenvalue weighted by atomic mass is 16.1. The van der Waals surface area contributed by atoms with E-state index in [1.54, 1.807) is 6.20 Å². The lowest BCUT2D eigenvalue weighted by Gasteiger charge is -2.17. The van der Waals surface area contributed by atoms with Gasteiger partial charge >= 0.3 is 0 Å². The molecule has 3 N–H and O–H groups in total. The lowest BCUT2D eigenvalue weighted by molar-refractivity contribution is -0.0979. The SMILES string of the molecule is C=C.C=O.N/C=C\CCCNC1(c2ccccc2)CC1. The van der Waals surface area contributed by atoms with E-state index in [0.29, 0.717) is 0 Å². The van der Waals surface area contributed by atoms with Crippen LogP contribution in [-0.4, -0.2) is 13.3 Å². The highest BCUT2D eigenvalue weighted by Crippen LogP contribution is 2.45. The van der Waals surface area contributed by atoms with Crippen molar-refractivity contribution in [2.45, 2.75) is 31.2 Å². The lowest BCUT2D eigenvalue weighted by atomic mass is 10.0. The summed E-state index contributed by atoms with van der Waals surface area (Å²) in [6, 6.07) is 10.8. The van der Waals surface area contributed by atoms with Crippen molar-refractivity contribution in [1.29, 1.82) is 0 Å². The van der Waals surface area contributed by atoms with Gasteiger partial charge in [0.05, 0.1) is 0 Å². The monoisotopic (exact) mass is 274 g/mol. The fourth-order valence-corrected chi connectivity index (χ4v) is 2.09. The number of benzene rings is 1. The van der Waals surface area contributed by atoms with Gasteiger partial charge in [0.25, 0.3) is 0 Å². The quantitative estimate of drug-likeness (QED) is 0.619. The van der Waals surface area contributed by atoms with Crippen LogP contribution >= 0.6 is 0 Å². The third-order valence-electron chi connectivity index (χ3n) is 3.22. The number of nitrogens with two attached hydrogens (primary N) is 1. The van der Waals surface area contributed by atoms with Crippen molar-refractivity contribution >= 4 is 6.79 Å². The van der Waals surface area contributed by atoms with Crippen LogP contribution in [0.25, 0.3) is 0 Å². The zero-order valence-electron chi connectivity index (χ0n) is 12.2. The average Bonchev–Trinajstić information content (AvgIpc) is 3.33. The molecule has 3 heteroatoms. The van der Waals surface area contributed by atoms with E-state index < -0.39 is 0 Å². The lowest BCUT2D eigenvalue weighted by Crippen LogP contribution is -2.29. The third-order valence-corrected chi connectivity index (χ3v) is 3.22. The van der Waals surface area contributed by atoms with E-state index in [-0.39, 0.29) is 5.54 Å². The molecule has 1 aromatic rings. The van der Waals surface area contributed by atoms with Gasteiger partial charge < -0.3 is 15.8 Å². The molecule has 0 spiro atoms. The summed E-state index contributed by atoms with van der Waals surface area (Å²) in [7, 11) is 0. The normalized spacial score (nSPS) is 14.6. The van der Waals surface area contributed by atoms with Gasteiger partial charge in [0.2, 0.25) is 0 Å². The first-order valence-electron chi connectivity index (χ1n) is 6.83. The molecular formula is C17H26N2O. The molecule has 0 unspecified atom stereocenters. The number of nitrogens with one attached hydrogen (secondary N) is 1.